The van der Waals surface area contributed by atoms with E-state index < -0.39 is 23.6 Å². The van der Waals surface area contributed by atoms with Gasteiger partial charge in [-0.3, -0.25) is 19.2 Å². The molecule has 0 fully saturated rings. The predicted octanol–water partition coefficient (Wildman–Crippen LogP) is 5.57. The van der Waals surface area contributed by atoms with Gasteiger partial charge in [0.25, 0.3) is 11.8 Å². The monoisotopic (exact) mass is 528 g/mol. The molecule has 0 spiro atoms. The van der Waals surface area contributed by atoms with Gasteiger partial charge >= 0.3 is 0 Å². The Labute approximate surface area is 226 Å². The smallest absolute Gasteiger partial charge is 0.269 e. The molecule has 0 saturated carbocycles. The van der Waals surface area contributed by atoms with Crippen LogP contribution >= 0.6 is 0 Å². The van der Waals surface area contributed by atoms with E-state index in [0.717, 1.165) is 39.8 Å². The first-order valence-electron chi connectivity index (χ1n) is 13.3. The van der Waals surface area contributed by atoms with E-state index in [2.05, 4.69) is 16.3 Å². The number of carbonyl (C=O) groups excluding carboxylic acids is 4. The number of para-hydroxylation sites is 1. The Kier molecular flexibility index (Phi) is 8.81. The minimum atomic E-state index is -0.611. The number of nitroso groups, excluding NO2 is 1. The topological polar surface area (TPSA) is 129 Å². The van der Waals surface area contributed by atoms with Crippen LogP contribution in [-0.4, -0.2) is 33.5 Å². The summed E-state index contributed by atoms with van der Waals surface area (Å²) in [5.41, 5.74) is 6.43. The number of hydrogen-bond donors (Lipinski definition) is 2. The van der Waals surface area contributed by atoms with Crippen LogP contribution in [0, 0.1) is 4.91 Å². The van der Waals surface area contributed by atoms with Crippen LogP contribution in [0.5, 0.6) is 0 Å². The lowest BCUT2D eigenvalue weighted by molar-refractivity contribution is -0.148. The van der Waals surface area contributed by atoms with Crippen molar-refractivity contribution in [2.24, 2.45) is 5.29 Å². The summed E-state index contributed by atoms with van der Waals surface area (Å²) < 4.78 is 0. The summed E-state index contributed by atoms with van der Waals surface area (Å²) in [6, 6.07) is 7.55. The van der Waals surface area contributed by atoms with E-state index in [1.807, 2.05) is 55.7 Å². The molecule has 2 aliphatic rings. The molecule has 1 aliphatic carbocycles. The number of imide groups is 3. The van der Waals surface area contributed by atoms with Crippen LogP contribution in [0.1, 0.15) is 70.8 Å². The van der Waals surface area contributed by atoms with E-state index in [-0.39, 0.29) is 24.0 Å². The van der Waals surface area contributed by atoms with Crippen molar-refractivity contribution in [2.75, 3.05) is 0 Å². The highest BCUT2D eigenvalue weighted by molar-refractivity contribution is 6.43. The van der Waals surface area contributed by atoms with Crippen molar-refractivity contribution in [2.45, 2.75) is 65.2 Å². The third-order valence-electron chi connectivity index (χ3n) is 7.19. The number of aromatic amines is 1. The average molecular weight is 529 g/mol. The maximum Gasteiger partial charge on any atom is 0.269 e. The average Bonchev–Trinajstić information content (AvgIpc) is 3.45. The molecular weight excluding hydrogens is 496 g/mol. The Hall–Kier alpha value is -4.40. The van der Waals surface area contributed by atoms with Crippen LogP contribution in [0.4, 0.5) is 0 Å². The normalized spacial score (nSPS) is 16.1. The van der Waals surface area contributed by atoms with Crippen molar-refractivity contribution in [3.8, 4) is 0 Å². The highest BCUT2D eigenvalue weighted by Gasteiger charge is 2.44. The van der Waals surface area contributed by atoms with Gasteiger partial charge in [-0.2, -0.15) is 0 Å². The zero-order valence-corrected chi connectivity index (χ0v) is 22.2. The van der Waals surface area contributed by atoms with Gasteiger partial charge in [-0.15, -0.1) is 4.91 Å². The summed E-state index contributed by atoms with van der Waals surface area (Å²) in [7, 11) is 0. The molecule has 0 bridgehead atoms. The van der Waals surface area contributed by atoms with Crippen LogP contribution in [0.3, 0.4) is 0 Å². The first kappa shape index (κ1) is 27.6. The lowest BCUT2D eigenvalue weighted by Crippen LogP contribution is -2.37. The van der Waals surface area contributed by atoms with E-state index in [1.165, 1.54) is 0 Å². The van der Waals surface area contributed by atoms with Gasteiger partial charge < -0.3 is 4.98 Å². The lowest BCUT2D eigenvalue weighted by atomic mass is 9.86. The van der Waals surface area contributed by atoms with E-state index in [4.69, 9.17) is 0 Å². The summed E-state index contributed by atoms with van der Waals surface area (Å²) in [5, 5.41) is 3.15. The molecule has 4 amide bonds. The molecule has 39 heavy (non-hydrogen) atoms. The number of hydrogen-bond acceptors (Lipinski definition) is 6. The Bertz CT molecular complexity index is 1460. The SMILES string of the molecule is C/C=C(\C1=C(C)CCC=C1)C1=C(c2c[nH]c3ccccc23)C(=O)N(C(=O)CCCCCCC(=O)NN=O)C1=O. The van der Waals surface area contributed by atoms with Gasteiger partial charge in [-0.05, 0) is 56.7 Å². The fraction of sp³-hybridized carbons (Fsp3) is 0.333. The molecule has 2 heterocycles. The quantitative estimate of drug-likeness (QED) is 0.171. The second kappa shape index (κ2) is 12.4. The van der Waals surface area contributed by atoms with Gasteiger partial charge in [0.2, 0.25) is 11.8 Å². The molecular formula is C30H32N4O5. The zero-order chi connectivity index (χ0) is 27.9. The van der Waals surface area contributed by atoms with Gasteiger partial charge in [0.15, 0.2) is 0 Å². The van der Waals surface area contributed by atoms with Crippen molar-refractivity contribution >= 4 is 40.1 Å². The minimum Gasteiger partial charge on any atom is -0.361 e. The number of fused-ring (bicyclic) bond motifs is 1. The molecule has 9 heteroatoms. The van der Waals surface area contributed by atoms with Crippen LogP contribution in [0.25, 0.3) is 16.5 Å². The molecule has 0 unspecified atom stereocenters. The number of rotatable bonds is 11. The molecule has 0 saturated heterocycles. The van der Waals surface area contributed by atoms with Gasteiger partial charge in [0.05, 0.1) is 16.4 Å². The molecule has 202 valence electrons. The van der Waals surface area contributed by atoms with Gasteiger partial charge in [-0.1, -0.05) is 54.8 Å². The second-order valence-corrected chi connectivity index (χ2v) is 9.72. The second-order valence-electron chi connectivity index (χ2n) is 9.72. The standard InChI is InChI=1S/C30H32N4O5/c1-3-20(21-13-9-8-12-19(21)2)27-28(23-18-31-24-15-11-10-14-22(23)24)30(38)34(29(27)37)26(36)17-7-5-4-6-16-25(35)32-33-39/h3,9-11,13-15,18,31H,4-8,12,16-17H2,1-2H3,(H,32,35,39)/b20-3+. The van der Waals surface area contributed by atoms with Gasteiger partial charge in [0, 0.05) is 35.5 Å². The van der Waals surface area contributed by atoms with Crippen LogP contribution < -0.4 is 5.43 Å². The number of amides is 4. The molecule has 0 atom stereocenters. The highest BCUT2D eigenvalue weighted by Crippen LogP contribution is 2.41. The lowest BCUT2D eigenvalue weighted by Gasteiger charge is -2.18. The van der Waals surface area contributed by atoms with E-state index in [1.54, 1.807) is 6.20 Å². The Morgan fingerprint density at radius 3 is 2.54 bits per heavy atom. The predicted molar refractivity (Wildman–Crippen MR) is 149 cm³/mol. The number of carbonyl (C=O) groups is 4. The third-order valence-corrected chi connectivity index (χ3v) is 7.19. The first-order valence-corrected chi connectivity index (χ1v) is 13.3. The van der Waals surface area contributed by atoms with Crippen molar-refractivity contribution in [1.29, 1.82) is 0 Å². The summed E-state index contributed by atoms with van der Waals surface area (Å²) in [4.78, 5) is 66.3. The molecule has 1 aliphatic heterocycles. The van der Waals surface area contributed by atoms with Crippen molar-refractivity contribution in [3.63, 3.8) is 0 Å². The molecule has 4 rings (SSSR count). The number of nitrogens with zero attached hydrogens (tertiary/aromatic N) is 2. The van der Waals surface area contributed by atoms with Gasteiger partial charge in [-0.25, -0.2) is 10.3 Å². The minimum absolute atomic E-state index is 0.0286. The maximum atomic E-state index is 13.9. The summed E-state index contributed by atoms with van der Waals surface area (Å²) in [6.45, 7) is 3.86. The summed E-state index contributed by atoms with van der Waals surface area (Å²) in [5.74, 6) is -2.20. The highest BCUT2D eigenvalue weighted by atomic mass is 16.3. The number of aromatic nitrogens is 1. The fourth-order valence-electron chi connectivity index (χ4n) is 5.20. The summed E-state index contributed by atoms with van der Waals surface area (Å²) >= 11 is 0. The molecule has 1 aromatic heterocycles. The number of nitrogens with one attached hydrogen (secondary N) is 2. The number of H-pyrrole nitrogens is 1. The van der Waals surface area contributed by atoms with Crippen LogP contribution in [0.2, 0.25) is 0 Å². The maximum absolute atomic E-state index is 13.9. The van der Waals surface area contributed by atoms with Crippen molar-refractivity contribution in [1.82, 2.24) is 15.3 Å². The Balaban J connectivity index is 1.61. The van der Waals surface area contributed by atoms with E-state index in [0.29, 0.717) is 36.8 Å². The first-order chi connectivity index (χ1) is 18.9. The third kappa shape index (κ3) is 5.72. The Morgan fingerprint density at radius 1 is 1.08 bits per heavy atom. The van der Waals surface area contributed by atoms with Crippen LogP contribution in [0.15, 0.2) is 76.3 Å². The fourth-order valence-corrected chi connectivity index (χ4v) is 5.20. The van der Waals surface area contributed by atoms with Crippen molar-refractivity contribution < 1.29 is 19.2 Å². The number of benzene rings is 1. The molecule has 2 aromatic rings. The largest absolute Gasteiger partial charge is 0.361 e. The Morgan fingerprint density at radius 2 is 1.82 bits per heavy atom. The molecule has 9 nitrogen and oxygen atoms in total. The summed E-state index contributed by atoms with van der Waals surface area (Å²) in [6.07, 6.45) is 11.9. The number of unbranched alkanes of at least 4 members (excludes halogenated alkanes) is 3. The van der Waals surface area contributed by atoms with Gasteiger partial charge in [0.1, 0.15) is 0 Å². The molecule has 1 aromatic carbocycles. The molecule has 0 radical (unpaired) electrons. The van der Waals surface area contributed by atoms with E-state index in [9.17, 15) is 24.1 Å². The van der Waals surface area contributed by atoms with Crippen molar-refractivity contribution in [3.05, 3.63) is 81.5 Å². The zero-order valence-electron chi connectivity index (χ0n) is 22.2. The van der Waals surface area contributed by atoms with E-state index >= 15 is 0 Å². The number of allylic oxidation sites excluding steroid dienone is 5. The molecule has 2 N–H and O–H groups in total. The van der Waals surface area contributed by atoms with Crippen LogP contribution in [-0.2, 0) is 19.2 Å².